The molecule has 2 aromatic carbocycles. The van der Waals surface area contributed by atoms with Crippen LogP contribution in [0.5, 0.6) is 5.75 Å². The van der Waals surface area contributed by atoms with Crippen LogP contribution in [-0.4, -0.2) is 18.6 Å². The molecule has 3 N–H and O–H groups in total. The average molecular weight is 497 g/mol. The zero-order valence-electron chi connectivity index (χ0n) is 13.9. The van der Waals surface area contributed by atoms with Gasteiger partial charge in [-0.2, -0.15) is 0 Å². The molecule has 0 saturated carbocycles. The number of halogens is 4. The Morgan fingerprint density at radius 1 is 1.08 bits per heavy atom. The summed E-state index contributed by atoms with van der Waals surface area (Å²) >= 11 is 1.67. The van der Waals surface area contributed by atoms with E-state index in [1.165, 1.54) is 29.2 Å². The van der Waals surface area contributed by atoms with Gasteiger partial charge in [0.2, 0.25) is 0 Å². The standard InChI is InChI=1S/C17H18F3N3OS.HI/c1-25-15-8-4-13(5-9-15)11-23-16(21)22-10-12-2-6-14(7-3-12)24-17(18,19)20;/h2-9H,10-11H2,1H3,(H3,21,22,23);1H. The van der Waals surface area contributed by atoms with E-state index in [0.717, 1.165) is 11.1 Å². The van der Waals surface area contributed by atoms with Crippen LogP contribution in [0.4, 0.5) is 13.2 Å². The molecule has 0 fully saturated rings. The van der Waals surface area contributed by atoms with Gasteiger partial charge in [-0.25, -0.2) is 4.99 Å². The summed E-state index contributed by atoms with van der Waals surface area (Å²) in [5.74, 6) is 0.0103. The van der Waals surface area contributed by atoms with E-state index in [9.17, 15) is 13.2 Å². The molecule has 142 valence electrons. The first-order valence-corrected chi connectivity index (χ1v) is 8.59. The average Bonchev–Trinajstić information content (AvgIpc) is 2.58. The summed E-state index contributed by atoms with van der Waals surface area (Å²) in [5.41, 5.74) is 7.60. The summed E-state index contributed by atoms with van der Waals surface area (Å²) in [7, 11) is 0. The van der Waals surface area contributed by atoms with Gasteiger partial charge in [0.25, 0.3) is 0 Å². The van der Waals surface area contributed by atoms with Crippen molar-refractivity contribution in [2.45, 2.75) is 24.3 Å². The molecule has 4 nitrogen and oxygen atoms in total. The Bertz CT molecular complexity index is 707. The molecular weight excluding hydrogens is 478 g/mol. The van der Waals surface area contributed by atoms with Crippen LogP contribution in [-0.2, 0) is 13.1 Å². The molecule has 9 heteroatoms. The van der Waals surface area contributed by atoms with Crippen molar-refractivity contribution in [2.24, 2.45) is 10.7 Å². The lowest BCUT2D eigenvalue weighted by molar-refractivity contribution is -0.274. The van der Waals surface area contributed by atoms with Gasteiger partial charge in [-0.3, -0.25) is 0 Å². The molecule has 0 saturated heterocycles. The van der Waals surface area contributed by atoms with Crippen molar-refractivity contribution in [3.63, 3.8) is 0 Å². The summed E-state index contributed by atoms with van der Waals surface area (Å²) in [6, 6.07) is 13.6. The first-order valence-electron chi connectivity index (χ1n) is 7.37. The third-order valence-corrected chi connectivity index (χ3v) is 3.97. The second-order valence-electron chi connectivity index (χ2n) is 5.09. The molecule has 2 aromatic rings. The normalized spacial score (nSPS) is 11.6. The lowest BCUT2D eigenvalue weighted by Crippen LogP contribution is -2.31. The van der Waals surface area contributed by atoms with Crippen LogP contribution in [0.2, 0.25) is 0 Å². The smallest absolute Gasteiger partial charge is 0.406 e. The molecule has 0 unspecified atom stereocenters. The summed E-state index contributed by atoms with van der Waals surface area (Å²) in [5, 5.41) is 2.92. The highest BCUT2D eigenvalue weighted by Crippen LogP contribution is 2.22. The maximum absolute atomic E-state index is 12.1. The lowest BCUT2D eigenvalue weighted by atomic mass is 10.2. The molecule has 0 aliphatic rings. The van der Waals surface area contributed by atoms with E-state index in [1.54, 1.807) is 11.8 Å². The number of ether oxygens (including phenoxy) is 1. The lowest BCUT2D eigenvalue weighted by Gasteiger charge is -2.10. The van der Waals surface area contributed by atoms with Gasteiger partial charge >= 0.3 is 6.36 Å². The molecule has 0 amide bonds. The predicted octanol–water partition coefficient (Wildman–Crippen LogP) is 4.53. The molecule has 0 atom stereocenters. The Balaban J connectivity index is 0.00000338. The van der Waals surface area contributed by atoms with E-state index in [1.807, 2.05) is 30.5 Å². The summed E-state index contributed by atoms with van der Waals surface area (Å²) in [4.78, 5) is 5.41. The Kier molecular flexibility index (Phi) is 9.06. The Hall–Kier alpha value is -1.62. The van der Waals surface area contributed by atoms with Crippen molar-refractivity contribution >= 4 is 41.7 Å². The number of thioether (sulfide) groups is 1. The monoisotopic (exact) mass is 497 g/mol. The van der Waals surface area contributed by atoms with E-state index in [-0.39, 0.29) is 35.7 Å². The van der Waals surface area contributed by atoms with E-state index in [0.29, 0.717) is 13.1 Å². The molecule has 0 aromatic heterocycles. The highest BCUT2D eigenvalue weighted by Gasteiger charge is 2.30. The van der Waals surface area contributed by atoms with Crippen LogP contribution < -0.4 is 15.8 Å². The van der Waals surface area contributed by atoms with Crippen LogP contribution in [0.15, 0.2) is 58.4 Å². The summed E-state index contributed by atoms with van der Waals surface area (Å²) in [6.07, 6.45) is -2.68. The van der Waals surface area contributed by atoms with Gasteiger partial charge in [-0.1, -0.05) is 24.3 Å². The minimum atomic E-state index is -4.69. The zero-order valence-corrected chi connectivity index (χ0v) is 17.1. The third kappa shape index (κ3) is 8.17. The molecule has 2 rings (SSSR count). The fraction of sp³-hybridized carbons (Fsp3) is 0.235. The summed E-state index contributed by atoms with van der Waals surface area (Å²) in [6.45, 7) is 0.804. The molecule has 0 heterocycles. The van der Waals surface area contributed by atoms with E-state index in [2.05, 4.69) is 15.0 Å². The van der Waals surface area contributed by atoms with Crippen LogP contribution in [0, 0.1) is 0 Å². The minimum absolute atomic E-state index is 0. The van der Waals surface area contributed by atoms with E-state index < -0.39 is 6.36 Å². The van der Waals surface area contributed by atoms with Crippen molar-refractivity contribution in [2.75, 3.05) is 6.26 Å². The maximum Gasteiger partial charge on any atom is 0.573 e. The first kappa shape index (κ1) is 22.4. The number of nitrogens with two attached hydrogens (primary N) is 1. The maximum atomic E-state index is 12.1. The van der Waals surface area contributed by atoms with Gasteiger partial charge in [-0.05, 0) is 41.6 Å². The molecule has 0 aliphatic heterocycles. The molecule has 0 radical (unpaired) electrons. The number of nitrogens with one attached hydrogen (secondary N) is 1. The van der Waals surface area contributed by atoms with Gasteiger partial charge in [0, 0.05) is 11.4 Å². The van der Waals surface area contributed by atoms with Crippen LogP contribution >= 0.6 is 35.7 Å². The number of rotatable bonds is 6. The Morgan fingerprint density at radius 3 is 2.19 bits per heavy atom. The first-order chi connectivity index (χ1) is 11.9. The Labute approximate surface area is 171 Å². The third-order valence-electron chi connectivity index (χ3n) is 3.22. The van der Waals surface area contributed by atoms with E-state index >= 15 is 0 Å². The van der Waals surface area contributed by atoms with Crippen molar-refractivity contribution in [1.29, 1.82) is 0 Å². The summed E-state index contributed by atoms with van der Waals surface area (Å²) < 4.78 is 40.1. The molecule has 0 aliphatic carbocycles. The van der Waals surface area contributed by atoms with Crippen molar-refractivity contribution in [1.82, 2.24) is 5.32 Å². The van der Waals surface area contributed by atoms with Crippen LogP contribution in [0.25, 0.3) is 0 Å². The van der Waals surface area contributed by atoms with Crippen LogP contribution in [0.3, 0.4) is 0 Å². The number of alkyl halides is 3. The predicted molar refractivity (Wildman–Crippen MR) is 109 cm³/mol. The largest absolute Gasteiger partial charge is 0.573 e. The molecule has 0 bridgehead atoms. The van der Waals surface area contributed by atoms with Crippen molar-refractivity contribution < 1.29 is 17.9 Å². The quantitative estimate of drug-likeness (QED) is 0.267. The van der Waals surface area contributed by atoms with Gasteiger partial charge in [0.1, 0.15) is 5.75 Å². The number of nitrogens with zero attached hydrogens (tertiary/aromatic N) is 1. The topological polar surface area (TPSA) is 59.6 Å². The fourth-order valence-corrected chi connectivity index (χ4v) is 2.37. The van der Waals surface area contributed by atoms with Crippen molar-refractivity contribution in [3.8, 4) is 5.75 Å². The Morgan fingerprint density at radius 2 is 1.65 bits per heavy atom. The molecular formula is C17H19F3IN3OS. The second-order valence-corrected chi connectivity index (χ2v) is 5.97. The molecule has 0 spiro atoms. The fourth-order valence-electron chi connectivity index (χ4n) is 1.96. The number of aliphatic imine (C=N–C) groups is 1. The van der Waals surface area contributed by atoms with Gasteiger partial charge in [0.15, 0.2) is 5.96 Å². The minimum Gasteiger partial charge on any atom is -0.406 e. The number of hydrogen-bond acceptors (Lipinski definition) is 3. The van der Waals surface area contributed by atoms with Gasteiger partial charge in [0.05, 0.1) is 6.54 Å². The number of benzene rings is 2. The second kappa shape index (κ2) is 10.5. The zero-order chi connectivity index (χ0) is 18.3. The van der Waals surface area contributed by atoms with Gasteiger partial charge < -0.3 is 15.8 Å². The number of guanidine groups is 1. The van der Waals surface area contributed by atoms with Crippen molar-refractivity contribution in [3.05, 3.63) is 59.7 Å². The van der Waals surface area contributed by atoms with Crippen LogP contribution in [0.1, 0.15) is 11.1 Å². The van der Waals surface area contributed by atoms with Gasteiger partial charge in [-0.15, -0.1) is 48.9 Å². The SMILES string of the molecule is CSc1ccc(CN=C(N)NCc2ccc(OC(F)(F)F)cc2)cc1.I. The highest BCUT2D eigenvalue weighted by molar-refractivity contribution is 14.0. The number of hydrogen-bond donors (Lipinski definition) is 2. The highest BCUT2D eigenvalue weighted by atomic mass is 127. The van der Waals surface area contributed by atoms with E-state index in [4.69, 9.17) is 5.73 Å². The molecule has 26 heavy (non-hydrogen) atoms.